The standard InChI is InChI=1S/C25H34FN3O4S/c1-19(2)27-25(31)20(3)28(18-16-21-9-6-5-7-10-21)24(30)11-8-17-29(34(4,32)33)23-14-12-22(26)13-15-23/h5-7,9-10,12-15,19-20H,8,11,16-18H2,1-4H3,(H,27,31)/t20-/m1/s1. The largest absolute Gasteiger partial charge is 0.352 e. The molecule has 2 aromatic rings. The Balaban J connectivity index is 2.09. The average molecular weight is 492 g/mol. The maximum Gasteiger partial charge on any atom is 0.242 e. The fourth-order valence-electron chi connectivity index (χ4n) is 3.59. The fourth-order valence-corrected chi connectivity index (χ4v) is 4.55. The Hall–Kier alpha value is -2.94. The van der Waals surface area contributed by atoms with Gasteiger partial charge in [0.15, 0.2) is 0 Å². The van der Waals surface area contributed by atoms with E-state index in [1.807, 2.05) is 44.2 Å². The van der Waals surface area contributed by atoms with Crippen molar-refractivity contribution in [2.75, 3.05) is 23.7 Å². The number of hydrogen-bond acceptors (Lipinski definition) is 4. The summed E-state index contributed by atoms with van der Waals surface area (Å²) in [7, 11) is -3.62. The number of anilines is 1. The summed E-state index contributed by atoms with van der Waals surface area (Å²) in [6.45, 7) is 5.84. The first-order valence-corrected chi connectivity index (χ1v) is 13.2. The van der Waals surface area contributed by atoms with Crippen LogP contribution in [0.1, 0.15) is 39.2 Å². The van der Waals surface area contributed by atoms with Crippen molar-refractivity contribution in [2.24, 2.45) is 0 Å². The van der Waals surface area contributed by atoms with Crippen LogP contribution >= 0.6 is 0 Å². The van der Waals surface area contributed by atoms with Gasteiger partial charge in [0.2, 0.25) is 21.8 Å². The first-order valence-electron chi connectivity index (χ1n) is 11.4. The van der Waals surface area contributed by atoms with Gasteiger partial charge in [-0.3, -0.25) is 13.9 Å². The molecule has 0 aliphatic heterocycles. The highest BCUT2D eigenvalue weighted by Crippen LogP contribution is 2.19. The molecule has 0 aliphatic carbocycles. The summed E-state index contributed by atoms with van der Waals surface area (Å²) in [4.78, 5) is 27.3. The van der Waals surface area contributed by atoms with E-state index < -0.39 is 21.9 Å². The van der Waals surface area contributed by atoms with E-state index in [0.29, 0.717) is 18.7 Å². The van der Waals surface area contributed by atoms with Gasteiger partial charge in [-0.25, -0.2) is 12.8 Å². The average Bonchev–Trinajstić information content (AvgIpc) is 2.77. The molecule has 9 heteroatoms. The Labute approximate surface area is 202 Å². The van der Waals surface area contributed by atoms with E-state index in [1.54, 1.807) is 11.8 Å². The predicted molar refractivity (Wildman–Crippen MR) is 132 cm³/mol. The number of amides is 2. The summed E-state index contributed by atoms with van der Waals surface area (Å²) in [5.74, 6) is -0.925. The zero-order valence-electron chi connectivity index (χ0n) is 20.2. The molecule has 1 N–H and O–H groups in total. The zero-order valence-corrected chi connectivity index (χ0v) is 21.0. The van der Waals surface area contributed by atoms with Gasteiger partial charge in [-0.1, -0.05) is 30.3 Å². The summed E-state index contributed by atoms with van der Waals surface area (Å²) in [5.41, 5.74) is 1.39. The van der Waals surface area contributed by atoms with Crippen LogP contribution in [0.3, 0.4) is 0 Å². The molecule has 0 heterocycles. The van der Waals surface area contributed by atoms with E-state index in [2.05, 4.69) is 5.32 Å². The van der Waals surface area contributed by atoms with Gasteiger partial charge in [0.1, 0.15) is 11.9 Å². The third-order valence-corrected chi connectivity index (χ3v) is 6.54. The normalized spacial score (nSPS) is 12.3. The maximum absolute atomic E-state index is 13.3. The molecule has 34 heavy (non-hydrogen) atoms. The number of hydrogen-bond donors (Lipinski definition) is 1. The molecular formula is C25H34FN3O4S. The van der Waals surface area contributed by atoms with Crippen molar-refractivity contribution < 1.29 is 22.4 Å². The van der Waals surface area contributed by atoms with Crippen molar-refractivity contribution in [3.63, 3.8) is 0 Å². The first-order chi connectivity index (χ1) is 16.0. The maximum atomic E-state index is 13.3. The van der Waals surface area contributed by atoms with Gasteiger partial charge in [-0.05, 0) is 63.4 Å². The number of benzene rings is 2. The number of halogens is 1. The Kier molecular flexibility index (Phi) is 10.0. The van der Waals surface area contributed by atoms with E-state index in [1.165, 1.54) is 24.3 Å². The minimum Gasteiger partial charge on any atom is -0.352 e. The van der Waals surface area contributed by atoms with E-state index in [4.69, 9.17) is 0 Å². The molecule has 0 bridgehead atoms. The van der Waals surface area contributed by atoms with Gasteiger partial charge < -0.3 is 10.2 Å². The van der Waals surface area contributed by atoms with Crippen LogP contribution in [0.15, 0.2) is 54.6 Å². The molecule has 0 aromatic heterocycles. The van der Waals surface area contributed by atoms with Crippen molar-refractivity contribution in [1.82, 2.24) is 10.2 Å². The lowest BCUT2D eigenvalue weighted by Crippen LogP contribution is -2.50. The molecule has 0 saturated heterocycles. The van der Waals surface area contributed by atoms with E-state index in [9.17, 15) is 22.4 Å². The molecule has 0 fully saturated rings. The van der Waals surface area contributed by atoms with Crippen molar-refractivity contribution in [3.8, 4) is 0 Å². The van der Waals surface area contributed by atoms with Crippen LogP contribution in [0.2, 0.25) is 0 Å². The van der Waals surface area contributed by atoms with Crippen molar-refractivity contribution in [3.05, 3.63) is 66.0 Å². The number of carbonyl (C=O) groups is 2. The molecule has 2 rings (SSSR count). The summed E-state index contributed by atoms with van der Waals surface area (Å²) >= 11 is 0. The lowest BCUT2D eigenvalue weighted by Gasteiger charge is -2.30. The van der Waals surface area contributed by atoms with Crippen molar-refractivity contribution >= 4 is 27.5 Å². The van der Waals surface area contributed by atoms with Gasteiger partial charge in [0, 0.05) is 25.6 Å². The SMILES string of the molecule is CC(C)NC(=O)[C@@H](C)N(CCc1ccccc1)C(=O)CCCN(c1ccc(F)cc1)S(C)(=O)=O. The highest BCUT2D eigenvalue weighted by molar-refractivity contribution is 7.92. The molecule has 7 nitrogen and oxygen atoms in total. The topological polar surface area (TPSA) is 86.8 Å². The Morgan fingerprint density at radius 1 is 0.971 bits per heavy atom. The second-order valence-electron chi connectivity index (χ2n) is 8.58. The minimum atomic E-state index is -3.62. The van der Waals surface area contributed by atoms with Crippen LogP contribution in [0.4, 0.5) is 10.1 Å². The molecule has 2 aromatic carbocycles. The van der Waals surface area contributed by atoms with Gasteiger partial charge in [-0.2, -0.15) is 0 Å². The van der Waals surface area contributed by atoms with Crippen LogP contribution in [-0.4, -0.2) is 56.6 Å². The quantitative estimate of drug-likeness (QED) is 0.493. The summed E-state index contributed by atoms with van der Waals surface area (Å²) < 4.78 is 39.0. The number of rotatable bonds is 12. The highest BCUT2D eigenvalue weighted by atomic mass is 32.2. The molecule has 0 saturated carbocycles. The Morgan fingerprint density at radius 2 is 1.59 bits per heavy atom. The van der Waals surface area contributed by atoms with E-state index in [0.717, 1.165) is 16.1 Å². The molecule has 0 radical (unpaired) electrons. The summed E-state index contributed by atoms with van der Waals surface area (Å²) in [5, 5.41) is 2.85. The second-order valence-corrected chi connectivity index (χ2v) is 10.5. The number of carbonyl (C=O) groups excluding carboxylic acids is 2. The first kappa shape index (κ1) is 27.3. The predicted octanol–water partition coefficient (Wildman–Crippen LogP) is 3.36. The molecule has 186 valence electrons. The van der Waals surface area contributed by atoms with Crippen LogP contribution in [-0.2, 0) is 26.0 Å². The van der Waals surface area contributed by atoms with Gasteiger partial charge in [0.25, 0.3) is 0 Å². The Bertz CT molecular complexity index is 1040. The molecule has 0 aliphatic rings. The van der Waals surface area contributed by atoms with Gasteiger partial charge >= 0.3 is 0 Å². The second kappa shape index (κ2) is 12.5. The molecular weight excluding hydrogens is 457 g/mol. The van der Waals surface area contributed by atoms with Crippen molar-refractivity contribution in [1.29, 1.82) is 0 Å². The molecule has 2 amide bonds. The Morgan fingerprint density at radius 3 is 2.15 bits per heavy atom. The van der Waals surface area contributed by atoms with Gasteiger partial charge in [-0.15, -0.1) is 0 Å². The third kappa shape index (κ3) is 8.44. The van der Waals surface area contributed by atoms with Gasteiger partial charge in [0.05, 0.1) is 11.9 Å². The van der Waals surface area contributed by atoms with E-state index in [-0.39, 0.29) is 37.2 Å². The highest BCUT2D eigenvalue weighted by Gasteiger charge is 2.26. The minimum absolute atomic E-state index is 0.0555. The molecule has 1 atom stereocenters. The lowest BCUT2D eigenvalue weighted by atomic mass is 10.1. The monoisotopic (exact) mass is 491 g/mol. The van der Waals surface area contributed by atoms with Crippen LogP contribution in [0, 0.1) is 5.82 Å². The van der Waals surface area contributed by atoms with E-state index >= 15 is 0 Å². The number of nitrogens with zero attached hydrogens (tertiary/aromatic N) is 2. The third-order valence-electron chi connectivity index (χ3n) is 5.35. The van der Waals surface area contributed by atoms with Crippen molar-refractivity contribution in [2.45, 2.75) is 52.1 Å². The fraction of sp³-hybridized carbons (Fsp3) is 0.440. The molecule has 0 unspecified atom stereocenters. The lowest BCUT2D eigenvalue weighted by molar-refractivity contribution is -0.140. The van der Waals surface area contributed by atoms with Crippen LogP contribution < -0.4 is 9.62 Å². The summed E-state index contributed by atoms with van der Waals surface area (Å²) in [6.07, 6.45) is 1.99. The smallest absolute Gasteiger partial charge is 0.242 e. The number of nitrogens with one attached hydrogen (secondary N) is 1. The van der Waals surface area contributed by atoms with Crippen LogP contribution in [0.25, 0.3) is 0 Å². The number of sulfonamides is 1. The summed E-state index contributed by atoms with van der Waals surface area (Å²) in [6, 6.07) is 14.1. The zero-order chi connectivity index (χ0) is 25.3. The van der Waals surface area contributed by atoms with Crippen LogP contribution in [0.5, 0.6) is 0 Å². The molecule has 0 spiro atoms.